The van der Waals surface area contributed by atoms with Gasteiger partial charge in [0.2, 0.25) is 5.88 Å². The second-order valence-electron chi connectivity index (χ2n) is 7.09. The Morgan fingerprint density at radius 2 is 2.11 bits per heavy atom. The highest BCUT2D eigenvalue weighted by Gasteiger charge is 2.17. The predicted molar refractivity (Wildman–Crippen MR) is 121 cm³/mol. The molecule has 7 nitrogen and oxygen atoms in total. The summed E-state index contributed by atoms with van der Waals surface area (Å²) in [6.45, 7) is 3.79. The number of pyridine rings is 1. The van der Waals surface area contributed by atoms with Gasteiger partial charge < -0.3 is 24.8 Å². The zero-order valence-corrected chi connectivity index (χ0v) is 19.0. The van der Waals surface area contributed by atoms with Crippen LogP contribution in [-0.4, -0.2) is 56.6 Å². The molecule has 0 bridgehead atoms. The van der Waals surface area contributed by atoms with Crippen molar-refractivity contribution in [3.05, 3.63) is 23.9 Å². The van der Waals surface area contributed by atoms with Crippen LogP contribution in [0.5, 0.6) is 5.88 Å². The Labute approximate surface area is 185 Å². The second-order valence-corrected chi connectivity index (χ2v) is 7.09. The van der Waals surface area contributed by atoms with Crippen molar-refractivity contribution in [2.45, 2.75) is 57.3 Å². The molecule has 3 rings (SSSR count). The molecule has 2 aliphatic rings. The molecule has 1 aliphatic carbocycles. The minimum atomic E-state index is 0. The van der Waals surface area contributed by atoms with Crippen LogP contribution < -0.4 is 15.4 Å². The van der Waals surface area contributed by atoms with E-state index in [0.717, 1.165) is 69.5 Å². The van der Waals surface area contributed by atoms with E-state index in [1.807, 2.05) is 18.3 Å². The van der Waals surface area contributed by atoms with Crippen LogP contribution >= 0.6 is 24.0 Å². The van der Waals surface area contributed by atoms with E-state index in [0.29, 0.717) is 12.6 Å². The zero-order chi connectivity index (χ0) is 18.7. The van der Waals surface area contributed by atoms with E-state index in [1.54, 1.807) is 7.05 Å². The van der Waals surface area contributed by atoms with Gasteiger partial charge in [-0.1, -0.05) is 0 Å². The Kier molecular flexibility index (Phi) is 10.9. The van der Waals surface area contributed by atoms with Crippen molar-refractivity contribution in [1.29, 1.82) is 0 Å². The lowest BCUT2D eigenvalue weighted by Crippen LogP contribution is -2.37. The second kappa shape index (κ2) is 13.2. The third-order valence-corrected chi connectivity index (χ3v) is 4.93. The summed E-state index contributed by atoms with van der Waals surface area (Å²) in [6.07, 6.45) is 9.14. The van der Waals surface area contributed by atoms with E-state index in [4.69, 9.17) is 14.2 Å². The molecule has 0 spiro atoms. The van der Waals surface area contributed by atoms with Gasteiger partial charge in [-0.2, -0.15) is 0 Å². The molecule has 158 valence electrons. The lowest BCUT2D eigenvalue weighted by molar-refractivity contribution is 0.0420. The van der Waals surface area contributed by atoms with Crippen LogP contribution in [0, 0.1) is 0 Å². The highest BCUT2D eigenvalue weighted by molar-refractivity contribution is 14.0. The lowest BCUT2D eigenvalue weighted by atomic mass is 10.2. The van der Waals surface area contributed by atoms with Crippen LogP contribution in [0.4, 0.5) is 0 Å². The van der Waals surface area contributed by atoms with Crippen molar-refractivity contribution >= 4 is 29.9 Å². The molecule has 2 fully saturated rings. The molecular weight excluding hydrogens is 471 g/mol. The first-order chi connectivity index (χ1) is 13.3. The van der Waals surface area contributed by atoms with Gasteiger partial charge in [0, 0.05) is 45.6 Å². The number of guanidine groups is 1. The van der Waals surface area contributed by atoms with Gasteiger partial charge in [0.1, 0.15) is 6.10 Å². The van der Waals surface area contributed by atoms with Crippen molar-refractivity contribution in [3.63, 3.8) is 0 Å². The minimum absolute atomic E-state index is 0. The predicted octanol–water partition coefficient (Wildman–Crippen LogP) is 2.88. The zero-order valence-electron chi connectivity index (χ0n) is 16.7. The maximum Gasteiger partial charge on any atom is 0.213 e. The highest BCUT2D eigenvalue weighted by atomic mass is 127. The summed E-state index contributed by atoms with van der Waals surface area (Å²) in [5.41, 5.74) is 1.13. The van der Waals surface area contributed by atoms with Crippen molar-refractivity contribution in [2.24, 2.45) is 4.99 Å². The van der Waals surface area contributed by atoms with Crippen molar-refractivity contribution in [3.8, 4) is 5.88 Å². The van der Waals surface area contributed by atoms with E-state index in [2.05, 4.69) is 20.6 Å². The van der Waals surface area contributed by atoms with Gasteiger partial charge >= 0.3 is 0 Å². The number of aliphatic imine (C=N–C) groups is 1. The smallest absolute Gasteiger partial charge is 0.213 e. The Bertz CT molecular complexity index is 591. The summed E-state index contributed by atoms with van der Waals surface area (Å²) in [7, 11) is 1.78. The number of nitrogens with one attached hydrogen (secondary N) is 2. The van der Waals surface area contributed by atoms with Gasteiger partial charge in [-0.15, -0.1) is 24.0 Å². The number of hydrogen-bond donors (Lipinski definition) is 2. The molecule has 2 N–H and O–H groups in total. The maximum absolute atomic E-state index is 5.98. The first-order valence-corrected chi connectivity index (χ1v) is 10.1. The Morgan fingerprint density at radius 3 is 2.86 bits per heavy atom. The molecule has 2 heterocycles. The van der Waals surface area contributed by atoms with Crippen molar-refractivity contribution < 1.29 is 14.2 Å². The van der Waals surface area contributed by atoms with Gasteiger partial charge in [0.15, 0.2) is 5.96 Å². The topological polar surface area (TPSA) is 77.0 Å². The molecule has 1 aromatic heterocycles. The van der Waals surface area contributed by atoms with Crippen molar-refractivity contribution in [1.82, 2.24) is 15.6 Å². The molecule has 1 aromatic rings. The first-order valence-electron chi connectivity index (χ1n) is 10.1. The molecule has 8 heteroatoms. The average Bonchev–Trinajstić information content (AvgIpc) is 3.38. The quantitative estimate of drug-likeness (QED) is 0.233. The standard InChI is InChI=1S/C20H32N4O3.HI/c1-21-20(23-9-4-11-26-18-8-12-25-15-18)24-14-16-7-10-22-19(13-16)27-17-5-2-3-6-17;/h7,10,13,17-18H,2-6,8-9,11-12,14-15H2,1H3,(H2,21,23,24);1H. The molecule has 1 saturated carbocycles. The van der Waals surface area contributed by atoms with E-state index in [9.17, 15) is 0 Å². The fraction of sp³-hybridized carbons (Fsp3) is 0.700. The first kappa shape index (κ1) is 23.2. The average molecular weight is 504 g/mol. The number of nitrogens with zero attached hydrogens (tertiary/aromatic N) is 2. The van der Waals surface area contributed by atoms with Crippen LogP contribution in [0.15, 0.2) is 23.3 Å². The summed E-state index contributed by atoms with van der Waals surface area (Å²) in [4.78, 5) is 8.60. The number of aromatic nitrogens is 1. The summed E-state index contributed by atoms with van der Waals surface area (Å²) >= 11 is 0. The third kappa shape index (κ3) is 8.08. The van der Waals surface area contributed by atoms with E-state index < -0.39 is 0 Å². The third-order valence-electron chi connectivity index (χ3n) is 4.93. The number of halogens is 1. The molecule has 1 aliphatic heterocycles. The van der Waals surface area contributed by atoms with Crippen molar-refractivity contribution in [2.75, 3.05) is 33.4 Å². The number of hydrogen-bond acceptors (Lipinski definition) is 5. The van der Waals surface area contributed by atoms with E-state index in [-0.39, 0.29) is 30.1 Å². The number of ether oxygens (including phenoxy) is 3. The summed E-state index contributed by atoms with van der Waals surface area (Å²) < 4.78 is 17.1. The van der Waals surface area contributed by atoms with Gasteiger partial charge in [-0.25, -0.2) is 4.98 Å². The highest BCUT2D eigenvalue weighted by Crippen LogP contribution is 2.23. The lowest BCUT2D eigenvalue weighted by Gasteiger charge is -2.14. The summed E-state index contributed by atoms with van der Waals surface area (Å²) in [5.74, 6) is 1.51. The molecule has 0 radical (unpaired) electrons. The van der Waals surface area contributed by atoms with Gasteiger partial charge in [-0.3, -0.25) is 4.99 Å². The molecular formula is C20H33IN4O3. The van der Waals surface area contributed by atoms with E-state index in [1.165, 1.54) is 12.8 Å². The van der Waals surface area contributed by atoms with Crippen LogP contribution in [0.1, 0.15) is 44.1 Å². The molecule has 28 heavy (non-hydrogen) atoms. The SMILES string of the molecule is CN=C(NCCCOC1CCOC1)NCc1ccnc(OC2CCCC2)c1.I. The molecule has 0 aromatic carbocycles. The van der Waals surface area contributed by atoms with Crippen LogP contribution in [0.2, 0.25) is 0 Å². The largest absolute Gasteiger partial charge is 0.474 e. The van der Waals surface area contributed by atoms with Gasteiger partial charge in [0.25, 0.3) is 0 Å². The Morgan fingerprint density at radius 1 is 1.25 bits per heavy atom. The molecule has 1 saturated heterocycles. The van der Waals surface area contributed by atoms with Crippen LogP contribution in [-0.2, 0) is 16.0 Å². The number of rotatable bonds is 9. The van der Waals surface area contributed by atoms with E-state index >= 15 is 0 Å². The molecule has 1 atom stereocenters. The van der Waals surface area contributed by atoms with Crippen LogP contribution in [0.25, 0.3) is 0 Å². The maximum atomic E-state index is 5.98. The van der Waals surface area contributed by atoms with Gasteiger partial charge in [0.05, 0.1) is 12.7 Å². The Hall–Kier alpha value is -1.13. The van der Waals surface area contributed by atoms with Gasteiger partial charge in [-0.05, 0) is 50.2 Å². The summed E-state index contributed by atoms with van der Waals surface area (Å²) in [6, 6.07) is 4.01. The summed E-state index contributed by atoms with van der Waals surface area (Å²) in [5, 5.41) is 6.65. The molecule has 1 unspecified atom stereocenters. The molecule has 0 amide bonds. The fourth-order valence-electron chi connectivity index (χ4n) is 3.38. The van der Waals surface area contributed by atoms with Crippen LogP contribution in [0.3, 0.4) is 0 Å². The minimum Gasteiger partial charge on any atom is -0.474 e. The normalized spacial score (nSPS) is 20.0. The Balaban J connectivity index is 0.00000280. The fourth-order valence-corrected chi connectivity index (χ4v) is 3.38. The monoisotopic (exact) mass is 504 g/mol.